The molecule has 0 spiro atoms. The van der Waals surface area contributed by atoms with E-state index in [1.807, 2.05) is 59.1 Å². The van der Waals surface area contributed by atoms with E-state index in [1.54, 1.807) is 4.68 Å². The fourth-order valence-corrected chi connectivity index (χ4v) is 2.61. The van der Waals surface area contributed by atoms with Gasteiger partial charge >= 0.3 is 0 Å². The second-order valence-corrected chi connectivity index (χ2v) is 6.47. The van der Waals surface area contributed by atoms with Crippen molar-refractivity contribution in [1.29, 1.82) is 0 Å². The van der Waals surface area contributed by atoms with Crippen LogP contribution in [0.1, 0.15) is 23.9 Å². The summed E-state index contributed by atoms with van der Waals surface area (Å²) in [5.41, 5.74) is 3.75. The molecule has 0 aliphatic heterocycles. The minimum Gasteiger partial charge on any atom is -0.324 e. The van der Waals surface area contributed by atoms with Crippen molar-refractivity contribution < 1.29 is 9.69 Å². The van der Waals surface area contributed by atoms with Crippen LogP contribution in [0.4, 0.5) is 5.69 Å². The smallest absolute Gasteiger partial charge is 0.282 e. The van der Waals surface area contributed by atoms with Crippen LogP contribution in [0, 0.1) is 13.8 Å². The summed E-state index contributed by atoms with van der Waals surface area (Å²) in [5.74, 6) is -0.00402. The first-order chi connectivity index (χ1) is 10.8. The van der Waals surface area contributed by atoms with E-state index in [9.17, 15) is 4.79 Å². The fourth-order valence-electron chi connectivity index (χ4n) is 2.49. The predicted molar refractivity (Wildman–Crippen MR) is 92.8 cm³/mol. The number of nitrogens with one attached hydrogen (secondary N) is 2. The van der Waals surface area contributed by atoms with Crippen molar-refractivity contribution in [3.05, 3.63) is 46.2 Å². The lowest BCUT2D eigenvalue weighted by Gasteiger charge is -2.21. The summed E-state index contributed by atoms with van der Waals surface area (Å²) >= 11 is 5.90. The first kappa shape index (κ1) is 17.5. The number of carbonyl (C=O) groups is 1. The number of benzene rings is 1. The van der Waals surface area contributed by atoms with Gasteiger partial charge in [-0.25, -0.2) is 0 Å². The van der Waals surface area contributed by atoms with Crippen LogP contribution >= 0.6 is 11.6 Å². The third-order valence-corrected chi connectivity index (χ3v) is 4.54. The molecule has 0 radical (unpaired) electrons. The zero-order valence-electron chi connectivity index (χ0n) is 14.3. The molecule has 1 aromatic heterocycles. The molecule has 1 unspecified atom stereocenters. The van der Waals surface area contributed by atoms with Gasteiger partial charge in [0.15, 0.2) is 6.04 Å². The number of hydrogen-bond donors (Lipinski definition) is 2. The molecule has 1 heterocycles. The highest BCUT2D eigenvalue weighted by Crippen LogP contribution is 2.18. The van der Waals surface area contributed by atoms with Gasteiger partial charge in [-0.15, -0.1) is 0 Å². The van der Waals surface area contributed by atoms with E-state index >= 15 is 0 Å². The number of carbonyl (C=O) groups excluding carboxylic acids is 1. The molecule has 0 fully saturated rings. The first-order valence-electron chi connectivity index (χ1n) is 7.67. The van der Waals surface area contributed by atoms with Crippen LogP contribution in [0.15, 0.2) is 24.3 Å². The third kappa shape index (κ3) is 4.12. The van der Waals surface area contributed by atoms with Crippen molar-refractivity contribution in [3.8, 4) is 0 Å². The molecule has 0 saturated heterocycles. The minimum atomic E-state index is -0.176. The van der Waals surface area contributed by atoms with Gasteiger partial charge in [0.1, 0.15) is 6.54 Å². The summed E-state index contributed by atoms with van der Waals surface area (Å²) in [6.45, 7) is 6.54. The molecule has 1 amide bonds. The molecule has 6 heteroatoms. The third-order valence-electron chi connectivity index (χ3n) is 4.29. The molecular formula is C17H24ClN4O+. The monoisotopic (exact) mass is 335 g/mol. The number of aryl methyl sites for hydroxylation is 2. The Morgan fingerprint density at radius 1 is 1.35 bits per heavy atom. The zero-order valence-corrected chi connectivity index (χ0v) is 15.0. The number of rotatable bonds is 5. The molecular weight excluding hydrogens is 312 g/mol. The van der Waals surface area contributed by atoms with Crippen LogP contribution in [-0.2, 0) is 18.4 Å². The van der Waals surface area contributed by atoms with Gasteiger partial charge in [-0.1, -0.05) is 23.7 Å². The highest BCUT2D eigenvalue weighted by molar-refractivity contribution is 6.30. The van der Waals surface area contributed by atoms with Gasteiger partial charge in [-0.3, -0.25) is 9.48 Å². The van der Waals surface area contributed by atoms with Gasteiger partial charge < -0.3 is 10.2 Å². The lowest BCUT2D eigenvalue weighted by Crippen LogP contribution is -3.12. The largest absolute Gasteiger partial charge is 0.324 e. The maximum absolute atomic E-state index is 12.5. The van der Waals surface area contributed by atoms with Crippen LogP contribution in [-0.4, -0.2) is 28.8 Å². The summed E-state index contributed by atoms with van der Waals surface area (Å²) in [5, 5.41) is 8.06. The van der Waals surface area contributed by atoms with E-state index in [2.05, 4.69) is 10.4 Å². The Bertz CT molecular complexity index is 693. The van der Waals surface area contributed by atoms with E-state index in [4.69, 9.17) is 11.6 Å². The Morgan fingerprint density at radius 3 is 2.48 bits per heavy atom. The number of halogens is 1. The Balaban J connectivity index is 2.02. The first-order valence-corrected chi connectivity index (χ1v) is 8.05. The normalized spacial score (nSPS) is 13.7. The van der Waals surface area contributed by atoms with E-state index < -0.39 is 0 Å². The highest BCUT2D eigenvalue weighted by Gasteiger charge is 2.24. The molecule has 2 aromatic rings. The summed E-state index contributed by atoms with van der Waals surface area (Å²) in [6, 6.07) is 7.55. The van der Waals surface area contributed by atoms with Gasteiger partial charge in [-0.2, -0.15) is 5.10 Å². The van der Waals surface area contributed by atoms with Crippen molar-refractivity contribution in [3.63, 3.8) is 0 Å². The minimum absolute atomic E-state index is 0.00402. The summed E-state index contributed by atoms with van der Waals surface area (Å²) in [4.78, 5) is 13.6. The second-order valence-electron chi connectivity index (χ2n) is 6.03. The second kappa shape index (κ2) is 7.15. The van der Waals surface area contributed by atoms with Crippen molar-refractivity contribution in [2.75, 3.05) is 12.4 Å². The molecule has 2 atom stereocenters. The van der Waals surface area contributed by atoms with Crippen molar-refractivity contribution in [2.24, 2.45) is 7.05 Å². The number of anilines is 1. The van der Waals surface area contributed by atoms with Crippen LogP contribution in [0.5, 0.6) is 0 Å². The maximum atomic E-state index is 12.5. The van der Waals surface area contributed by atoms with Crippen LogP contribution < -0.4 is 10.2 Å². The maximum Gasteiger partial charge on any atom is 0.282 e. The fraction of sp³-hybridized carbons (Fsp3) is 0.412. The number of nitrogens with zero attached hydrogens (tertiary/aromatic N) is 2. The lowest BCUT2D eigenvalue weighted by molar-refractivity contribution is -0.907. The molecule has 2 N–H and O–H groups in total. The van der Waals surface area contributed by atoms with Crippen LogP contribution in [0.3, 0.4) is 0 Å². The number of amides is 1. The molecule has 0 bridgehead atoms. The summed E-state index contributed by atoms with van der Waals surface area (Å²) in [6.07, 6.45) is 0. The van der Waals surface area contributed by atoms with E-state index in [-0.39, 0.29) is 11.9 Å². The topological polar surface area (TPSA) is 51.4 Å². The molecule has 0 aliphatic rings. The van der Waals surface area contributed by atoms with Crippen molar-refractivity contribution >= 4 is 23.2 Å². The lowest BCUT2D eigenvalue weighted by atomic mass is 10.2. The molecule has 0 saturated carbocycles. The summed E-state index contributed by atoms with van der Waals surface area (Å²) in [7, 11) is 3.89. The Kier molecular flexibility index (Phi) is 5.44. The van der Waals surface area contributed by atoms with Crippen molar-refractivity contribution in [1.82, 2.24) is 9.78 Å². The number of hydrogen-bond acceptors (Lipinski definition) is 2. The van der Waals surface area contributed by atoms with Gasteiger partial charge in [0.25, 0.3) is 5.91 Å². The van der Waals surface area contributed by atoms with Gasteiger partial charge in [0.05, 0.1) is 24.1 Å². The molecule has 0 aliphatic carbocycles. The molecule has 2 rings (SSSR count). The number of likely N-dealkylation sites (N-methyl/N-ethyl adjacent to an activating group) is 1. The Hall–Kier alpha value is -1.85. The van der Waals surface area contributed by atoms with E-state index in [0.29, 0.717) is 0 Å². The van der Waals surface area contributed by atoms with E-state index in [0.717, 1.165) is 39.1 Å². The Morgan fingerprint density at radius 2 is 1.96 bits per heavy atom. The quantitative estimate of drug-likeness (QED) is 0.874. The zero-order chi connectivity index (χ0) is 17.1. The number of quaternary nitrogens is 1. The molecule has 23 heavy (non-hydrogen) atoms. The molecule has 1 aromatic carbocycles. The van der Waals surface area contributed by atoms with Crippen LogP contribution in [0.25, 0.3) is 0 Å². The Labute approximate surface area is 142 Å². The molecule has 5 nitrogen and oxygen atoms in total. The van der Waals surface area contributed by atoms with Gasteiger partial charge in [0, 0.05) is 17.6 Å². The van der Waals surface area contributed by atoms with Crippen LogP contribution in [0.2, 0.25) is 5.02 Å². The average molecular weight is 336 g/mol. The standard InChI is InChI=1S/C17H23ClN4O/c1-11-16(12(2)22(5)20-11)19-17(23)13(3)21(4)10-14-6-8-15(18)9-7-14/h6-9,13H,10H2,1-5H3,(H,19,23)/p+1/t13-/m0/s1. The highest BCUT2D eigenvalue weighted by atomic mass is 35.5. The number of aromatic nitrogens is 2. The molecule has 124 valence electrons. The SMILES string of the molecule is Cc1nn(C)c(C)c1NC(=O)[C@H](C)[NH+](C)Cc1ccc(Cl)cc1. The average Bonchev–Trinajstić information content (AvgIpc) is 2.75. The van der Waals surface area contributed by atoms with Gasteiger partial charge in [-0.05, 0) is 32.9 Å². The van der Waals surface area contributed by atoms with Crippen molar-refractivity contribution in [2.45, 2.75) is 33.4 Å². The van der Waals surface area contributed by atoms with Gasteiger partial charge in [0.2, 0.25) is 0 Å². The predicted octanol–water partition coefficient (Wildman–Crippen LogP) is 1.73. The van der Waals surface area contributed by atoms with E-state index in [1.165, 1.54) is 0 Å². The summed E-state index contributed by atoms with van der Waals surface area (Å²) < 4.78 is 1.78.